The van der Waals surface area contributed by atoms with Crippen LogP contribution >= 0.6 is 11.3 Å². The van der Waals surface area contributed by atoms with Crippen LogP contribution in [0.3, 0.4) is 0 Å². The third-order valence-electron chi connectivity index (χ3n) is 4.63. The van der Waals surface area contributed by atoms with Crippen molar-refractivity contribution in [2.45, 2.75) is 25.3 Å². The van der Waals surface area contributed by atoms with Gasteiger partial charge in [-0.25, -0.2) is 4.98 Å². The Labute approximate surface area is 180 Å². The van der Waals surface area contributed by atoms with Crippen molar-refractivity contribution in [1.29, 1.82) is 0 Å². The molecule has 1 saturated heterocycles. The third-order valence-corrected chi connectivity index (χ3v) is 5.67. The topological polar surface area (TPSA) is 60.9 Å². The summed E-state index contributed by atoms with van der Waals surface area (Å²) in [6.07, 6.45) is -3.18. The molecule has 0 aliphatic carbocycles. The largest absolute Gasteiger partial charge is 0.573 e. The van der Waals surface area contributed by atoms with E-state index in [-0.39, 0.29) is 24.4 Å². The fourth-order valence-corrected chi connectivity index (χ4v) is 4.24. The highest BCUT2D eigenvalue weighted by Crippen LogP contribution is 2.34. The molecule has 1 unspecified atom stereocenters. The van der Waals surface area contributed by atoms with E-state index in [9.17, 15) is 18.0 Å². The fourth-order valence-electron chi connectivity index (χ4n) is 3.22. The molecular formula is C21H19F3N2O4S. The van der Waals surface area contributed by atoms with Gasteiger partial charge in [-0.1, -0.05) is 29.5 Å². The summed E-state index contributed by atoms with van der Waals surface area (Å²) in [5.41, 5.74) is 0.476. The minimum atomic E-state index is -4.78. The molecule has 0 N–H and O–H groups in total. The molecule has 10 heteroatoms. The van der Waals surface area contributed by atoms with Crippen molar-refractivity contribution in [1.82, 2.24) is 4.98 Å². The zero-order chi connectivity index (χ0) is 21.8. The Morgan fingerprint density at radius 3 is 2.71 bits per heavy atom. The van der Waals surface area contributed by atoms with Crippen molar-refractivity contribution in [3.63, 3.8) is 0 Å². The number of anilines is 1. The van der Waals surface area contributed by atoms with Crippen LogP contribution < -0.4 is 14.4 Å². The van der Waals surface area contributed by atoms with Crippen molar-refractivity contribution >= 4 is 32.6 Å². The molecule has 164 valence electrons. The van der Waals surface area contributed by atoms with Crippen LogP contribution in [0, 0.1) is 0 Å². The number of rotatable bonds is 7. The molecule has 1 amide bonds. The maximum atomic E-state index is 13.0. The van der Waals surface area contributed by atoms with E-state index in [0.717, 1.165) is 24.2 Å². The Morgan fingerprint density at radius 2 is 2.00 bits per heavy atom. The fraction of sp³-hybridized carbons (Fsp3) is 0.333. The van der Waals surface area contributed by atoms with Gasteiger partial charge in [0, 0.05) is 12.7 Å². The second-order valence-electron chi connectivity index (χ2n) is 6.91. The number of carbonyl (C=O) groups excluding carboxylic acids is 1. The van der Waals surface area contributed by atoms with Gasteiger partial charge in [-0.2, -0.15) is 0 Å². The first-order chi connectivity index (χ1) is 14.9. The number of carbonyl (C=O) groups is 1. The minimum absolute atomic E-state index is 0.128. The van der Waals surface area contributed by atoms with E-state index < -0.39 is 6.36 Å². The molecule has 1 aliphatic heterocycles. The molecule has 2 aromatic carbocycles. The van der Waals surface area contributed by atoms with Crippen LogP contribution in [0.15, 0.2) is 48.5 Å². The van der Waals surface area contributed by atoms with E-state index in [1.54, 1.807) is 24.3 Å². The van der Waals surface area contributed by atoms with Gasteiger partial charge in [0.25, 0.3) is 5.91 Å². The zero-order valence-electron chi connectivity index (χ0n) is 16.3. The van der Waals surface area contributed by atoms with Gasteiger partial charge in [-0.15, -0.1) is 13.2 Å². The Morgan fingerprint density at radius 1 is 1.19 bits per heavy atom. The quantitative estimate of drug-likeness (QED) is 0.516. The maximum Gasteiger partial charge on any atom is 0.573 e. The lowest BCUT2D eigenvalue weighted by atomic mass is 10.2. The number of hydrogen-bond acceptors (Lipinski definition) is 6. The monoisotopic (exact) mass is 452 g/mol. The Bertz CT molecular complexity index is 1040. The van der Waals surface area contributed by atoms with Crippen molar-refractivity contribution in [2.24, 2.45) is 0 Å². The van der Waals surface area contributed by atoms with Gasteiger partial charge in [-0.05, 0) is 37.1 Å². The lowest BCUT2D eigenvalue weighted by molar-refractivity contribution is -0.274. The van der Waals surface area contributed by atoms with Crippen LogP contribution in [0.1, 0.15) is 12.8 Å². The third kappa shape index (κ3) is 5.65. The average Bonchev–Trinajstić information content (AvgIpc) is 3.39. The van der Waals surface area contributed by atoms with E-state index in [1.807, 2.05) is 6.07 Å². The first-order valence-corrected chi connectivity index (χ1v) is 10.5. The first kappa shape index (κ1) is 21.4. The minimum Gasteiger partial charge on any atom is -0.484 e. The number of benzene rings is 2. The zero-order valence-corrected chi connectivity index (χ0v) is 17.1. The number of amides is 1. The van der Waals surface area contributed by atoms with Gasteiger partial charge in [0.2, 0.25) is 0 Å². The molecule has 0 saturated carbocycles. The number of alkyl halides is 3. The highest BCUT2D eigenvalue weighted by atomic mass is 32.1. The highest BCUT2D eigenvalue weighted by Gasteiger charge is 2.31. The van der Waals surface area contributed by atoms with Crippen molar-refractivity contribution < 1.29 is 32.2 Å². The molecular weight excluding hydrogens is 433 g/mol. The van der Waals surface area contributed by atoms with Crippen LogP contribution in [0.5, 0.6) is 11.5 Å². The van der Waals surface area contributed by atoms with Gasteiger partial charge in [-0.3, -0.25) is 9.69 Å². The molecule has 0 bridgehead atoms. The van der Waals surface area contributed by atoms with Crippen molar-refractivity contribution in [2.75, 3.05) is 24.7 Å². The molecule has 1 fully saturated rings. The summed E-state index contributed by atoms with van der Waals surface area (Å²) >= 11 is 1.11. The molecule has 0 spiro atoms. The number of halogens is 3. The number of hydrogen-bond donors (Lipinski definition) is 0. The number of aromatic nitrogens is 1. The van der Waals surface area contributed by atoms with Crippen molar-refractivity contribution in [3.8, 4) is 11.5 Å². The summed E-state index contributed by atoms with van der Waals surface area (Å²) in [6, 6.07) is 12.8. The summed E-state index contributed by atoms with van der Waals surface area (Å²) in [4.78, 5) is 18.9. The Hall–Kier alpha value is -2.85. The Kier molecular flexibility index (Phi) is 6.28. The average molecular weight is 452 g/mol. The molecule has 0 radical (unpaired) electrons. The van der Waals surface area contributed by atoms with E-state index >= 15 is 0 Å². The summed E-state index contributed by atoms with van der Waals surface area (Å²) in [7, 11) is 0. The summed E-state index contributed by atoms with van der Waals surface area (Å²) in [5, 5.41) is 0.372. The number of nitrogens with zero attached hydrogens (tertiary/aromatic N) is 2. The van der Waals surface area contributed by atoms with E-state index in [2.05, 4.69) is 9.72 Å². The normalized spacial score (nSPS) is 16.4. The smallest absolute Gasteiger partial charge is 0.484 e. The van der Waals surface area contributed by atoms with Crippen LogP contribution in [-0.4, -0.2) is 43.1 Å². The number of thiazole rings is 1. The van der Waals surface area contributed by atoms with Crippen LogP contribution in [-0.2, 0) is 9.53 Å². The number of ether oxygens (including phenoxy) is 3. The second-order valence-corrected chi connectivity index (χ2v) is 7.92. The van der Waals surface area contributed by atoms with Gasteiger partial charge < -0.3 is 14.2 Å². The molecule has 2 heterocycles. The molecule has 6 nitrogen and oxygen atoms in total. The SMILES string of the molecule is O=C(COc1ccccc1)N(CC1CCCO1)c1nc2ccc(OC(F)(F)F)cc2s1. The lowest BCUT2D eigenvalue weighted by Gasteiger charge is -2.23. The maximum absolute atomic E-state index is 13.0. The van der Waals surface area contributed by atoms with E-state index in [0.29, 0.717) is 34.2 Å². The van der Waals surface area contributed by atoms with Crippen LogP contribution in [0.2, 0.25) is 0 Å². The molecule has 4 rings (SSSR count). The van der Waals surface area contributed by atoms with Gasteiger partial charge in [0.05, 0.1) is 22.9 Å². The molecule has 31 heavy (non-hydrogen) atoms. The van der Waals surface area contributed by atoms with Gasteiger partial charge in [0.15, 0.2) is 11.7 Å². The standard InChI is InChI=1S/C21H19F3N2O4S/c22-21(23,24)30-15-8-9-17-18(11-15)31-20(25-17)26(12-16-7-4-10-28-16)19(27)13-29-14-5-2-1-3-6-14/h1-3,5-6,8-9,11,16H,4,7,10,12-13H2. The molecule has 1 atom stereocenters. The molecule has 1 aliphatic rings. The summed E-state index contributed by atoms with van der Waals surface area (Å²) in [5.74, 6) is -0.0871. The number of para-hydroxylation sites is 1. The van der Waals surface area contributed by atoms with Gasteiger partial charge in [0.1, 0.15) is 11.5 Å². The molecule has 3 aromatic rings. The Balaban J connectivity index is 1.56. The summed E-state index contributed by atoms with van der Waals surface area (Å²) in [6.45, 7) is 0.725. The summed E-state index contributed by atoms with van der Waals surface area (Å²) < 4.78 is 53.3. The predicted octanol–water partition coefficient (Wildman–Crippen LogP) is 4.79. The van der Waals surface area contributed by atoms with Crippen LogP contribution in [0.4, 0.5) is 18.3 Å². The first-order valence-electron chi connectivity index (χ1n) is 9.63. The van der Waals surface area contributed by atoms with Crippen LogP contribution in [0.25, 0.3) is 10.2 Å². The second kappa shape index (κ2) is 9.11. The molecule has 1 aromatic heterocycles. The lowest BCUT2D eigenvalue weighted by Crippen LogP contribution is -2.40. The highest BCUT2D eigenvalue weighted by molar-refractivity contribution is 7.22. The van der Waals surface area contributed by atoms with Gasteiger partial charge >= 0.3 is 6.36 Å². The predicted molar refractivity (Wildman–Crippen MR) is 110 cm³/mol. The van der Waals surface area contributed by atoms with E-state index in [4.69, 9.17) is 9.47 Å². The van der Waals surface area contributed by atoms with Crippen molar-refractivity contribution in [3.05, 3.63) is 48.5 Å². The number of fused-ring (bicyclic) bond motifs is 1. The van der Waals surface area contributed by atoms with E-state index in [1.165, 1.54) is 23.1 Å².